The van der Waals surface area contributed by atoms with Crippen LogP contribution < -0.4 is 0 Å². The lowest BCUT2D eigenvalue weighted by atomic mass is 9.95. The van der Waals surface area contributed by atoms with Crippen LogP contribution in [-0.2, 0) is 4.79 Å². The maximum absolute atomic E-state index is 14.6. The first kappa shape index (κ1) is 20.4. The fraction of sp³-hybridized carbons (Fsp3) is 0.333. The monoisotopic (exact) mass is 429 g/mol. The molecule has 0 bridgehead atoms. The van der Waals surface area contributed by atoms with Crippen LogP contribution in [0, 0.1) is 0 Å². The highest BCUT2D eigenvalue weighted by molar-refractivity contribution is 6.43. The standard InChI is InChI=1S/C21H21ClFN5O2/c1-27-6-8-28(9-7-27)21(26-30)19-12-24-20(15-4-3-14(29)11-17(15)23)16-10-13(22)2-5-18(16)25-19/h2,4-5,10-11,30H,3,6-9,12H2,1H3. The number of likely N-dealkylation sites (N-methyl/N-ethyl adjacent to an activating group) is 1. The van der Waals surface area contributed by atoms with Gasteiger partial charge in [0, 0.05) is 54.8 Å². The number of rotatable bonds is 2. The van der Waals surface area contributed by atoms with Crippen molar-refractivity contribution in [1.82, 2.24) is 9.80 Å². The predicted octanol–water partition coefficient (Wildman–Crippen LogP) is 3.00. The summed E-state index contributed by atoms with van der Waals surface area (Å²) in [5.74, 6) is -0.564. The molecule has 0 spiro atoms. The van der Waals surface area contributed by atoms with E-state index in [-0.39, 0.29) is 24.3 Å². The topological polar surface area (TPSA) is 80.9 Å². The number of oxime groups is 1. The van der Waals surface area contributed by atoms with E-state index in [4.69, 9.17) is 16.6 Å². The number of piperazine rings is 1. The molecule has 0 atom stereocenters. The van der Waals surface area contributed by atoms with Gasteiger partial charge in [-0.2, -0.15) is 0 Å². The number of nitrogens with zero attached hydrogens (tertiary/aromatic N) is 5. The fourth-order valence-electron chi connectivity index (χ4n) is 3.68. The molecule has 1 aliphatic carbocycles. The molecule has 156 valence electrons. The van der Waals surface area contributed by atoms with Gasteiger partial charge in [0.25, 0.3) is 0 Å². The molecule has 1 aromatic rings. The van der Waals surface area contributed by atoms with Crippen molar-refractivity contribution in [3.8, 4) is 0 Å². The molecule has 7 nitrogen and oxygen atoms in total. The van der Waals surface area contributed by atoms with Crippen LogP contribution in [0.25, 0.3) is 0 Å². The summed E-state index contributed by atoms with van der Waals surface area (Å²) < 4.78 is 14.6. The number of allylic oxidation sites excluding steroid dienone is 4. The SMILES string of the molecule is CN1CCN(C(=NO)C2=Nc3ccc(Cl)cc3C(C3=CCC(=O)C=C3F)=NC2)CC1. The molecule has 1 fully saturated rings. The Morgan fingerprint density at radius 2 is 2.03 bits per heavy atom. The van der Waals surface area contributed by atoms with Gasteiger partial charge in [-0.05, 0) is 25.2 Å². The Balaban J connectivity index is 1.75. The number of benzene rings is 1. The highest BCUT2D eigenvalue weighted by Gasteiger charge is 2.27. The second-order valence-electron chi connectivity index (χ2n) is 7.38. The first-order valence-electron chi connectivity index (χ1n) is 9.65. The Kier molecular flexibility index (Phi) is 5.78. The summed E-state index contributed by atoms with van der Waals surface area (Å²) in [4.78, 5) is 25.0. The van der Waals surface area contributed by atoms with E-state index in [1.807, 2.05) is 11.9 Å². The molecular formula is C21H21ClFN5O2. The molecule has 0 radical (unpaired) electrons. The van der Waals surface area contributed by atoms with Crippen LogP contribution >= 0.6 is 11.6 Å². The van der Waals surface area contributed by atoms with E-state index >= 15 is 0 Å². The van der Waals surface area contributed by atoms with Gasteiger partial charge in [-0.3, -0.25) is 9.79 Å². The lowest BCUT2D eigenvalue weighted by Crippen LogP contribution is -2.49. The Morgan fingerprint density at radius 3 is 2.73 bits per heavy atom. The van der Waals surface area contributed by atoms with Crippen molar-refractivity contribution >= 4 is 40.3 Å². The third-order valence-corrected chi connectivity index (χ3v) is 5.55. The van der Waals surface area contributed by atoms with Crippen LogP contribution in [0.15, 0.2) is 56.9 Å². The van der Waals surface area contributed by atoms with E-state index in [9.17, 15) is 14.4 Å². The van der Waals surface area contributed by atoms with Crippen LogP contribution in [-0.4, -0.2) is 77.8 Å². The minimum Gasteiger partial charge on any atom is -0.409 e. The summed E-state index contributed by atoms with van der Waals surface area (Å²) in [5.41, 5.74) is 2.22. The molecule has 30 heavy (non-hydrogen) atoms. The molecular weight excluding hydrogens is 409 g/mol. The number of ketones is 1. The average Bonchev–Trinajstić information content (AvgIpc) is 2.90. The molecule has 0 amide bonds. The van der Waals surface area contributed by atoms with Crippen molar-refractivity contribution in [2.45, 2.75) is 6.42 Å². The molecule has 9 heteroatoms. The van der Waals surface area contributed by atoms with Gasteiger partial charge in [0.1, 0.15) is 11.5 Å². The predicted molar refractivity (Wildman–Crippen MR) is 115 cm³/mol. The van der Waals surface area contributed by atoms with Crippen LogP contribution in [0.2, 0.25) is 5.02 Å². The summed E-state index contributed by atoms with van der Waals surface area (Å²) in [6.07, 6.45) is 2.63. The molecule has 1 N–H and O–H groups in total. The number of hydrogen-bond acceptors (Lipinski definition) is 6. The van der Waals surface area contributed by atoms with Gasteiger partial charge in [-0.25, -0.2) is 9.38 Å². The Hall–Kier alpha value is -2.84. The number of carbonyl (C=O) groups excluding carboxylic acids is 1. The number of aliphatic imine (C=N–C) groups is 2. The summed E-state index contributed by atoms with van der Waals surface area (Å²) in [7, 11) is 2.04. The molecule has 2 aliphatic heterocycles. The van der Waals surface area contributed by atoms with Gasteiger partial charge in [0.15, 0.2) is 11.6 Å². The van der Waals surface area contributed by atoms with E-state index in [0.717, 1.165) is 19.2 Å². The normalized spacial score (nSPS) is 20.7. The molecule has 1 saturated heterocycles. The van der Waals surface area contributed by atoms with Crippen molar-refractivity contribution in [3.05, 3.63) is 52.3 Å². The summed E-state index contributed by atoms with van der Waals surface area (Å²) in [6.45, 7) is 3.17. The fourth-order valence-corrected chi connectivity index (χ4v) is 3.85. The number of fused-ring (bicyclic) bond motifs is 1. The second-order valence-corrected chi connectivity index (χ2v) is 7.82. The van der Waals surface area contributed by atoms with Crippen LogP contribution in [0.5, 0.6) is 0 Å². The Bertz CT molecular complexity index is 1040. The van der Waals surface area contributed by atoms with Crippen molar-refractivity contribution in [1.29, 1.82) is 0 Å². The van der Waals surface area contributed by atoms with E-state index in [2.05, 4.69) is 15.0 Å². The lowest BCUT2D eigenvalue weighted by Gasteiger charge is -2.34. The molecule has 0 aromatic heterocycles. The quantitative estimate of drug-likeness (QED) is 0.339. The zero-order chi connectivity index (χ0) is 21.3. The molecule has 4 rings (SSSR count). The maximum atomic E-state index is 14.6. The van der Waals surface area contributed by atoms with Crippen molar-refractivity contribution < 1.29 is 14.4 Å². The van der Waals surface area contributed by atoms with Crippen LogP contribution in [0.4, 0.5) is 10.1 Å². The molecule has 1 aromatic carbocycles. The largest absolute Gasteiger partial charge is 0.409 e. The molecule has 3 aliphatic rings. The average molecular weight is 430 g/mol. The van der Waals surface area contributed by atoms with Gasteiger partial charge < -0.3 is 15.0 Å². The maximum Gasteiger partial charge on any atom is 0.191 e. The van der Waals surface area contributed by atoms with Gasteiger partial charge in [-0.15, -0.1) is 0 Å². The van der Waals surface area contributed by atoms with Crippen molar-refractivity contribution in [3.63, 3.8) is 0 Å². The smallest absolute Gasteiger partial charge is 0.191 e. The Labute approximate surface area is 178 Å². The zero-order valence-corrected chi connectivity index (χ0v) is 17.2. The minimum atomic E-state index is -0.630. The molecule has 0 unspecified atom stereocenters. The Morgan fingerprint density at radius 1 is 1.27 bits per heavy atom. The third-order valence-electron chi connectivity index (χ3n) is 5.32. The van der Waals surface area contributed by atoms with E-state index in [1.54, 1.807) is 18.2 Å². The van der Waals surface area contributed by atoms with Gasteiger partial charge in [-0.1, -0.05) is 22.8 Å². The van der Waals surface area contributed by atoms with Crippen LogP contribution in [0.1, 0.15) is 12.0 Å². The summed E-state index contributed by atoms with van der Waals surface area (Å²) in [6, 6.07) is 5.10. The highest BCUT2D eigenvalue weighted by Crippen LogP contribution is 2.32. The minimum absolute atomic E-state index is 0.103. The van der Waals surface area contributed by atoms with Crippen molar-refractivity contribution in [2.75, 3.05) is 39.8 Å². The lowest BCUT2D eigenvalue weighted by molar-refractivity contribution is -0.114. The van der Waals surface area contributed by atoms with E-state index in [1.165, 1.54) is 6.08 Å². The van der Waals surface area contributed by atoms with Crippen molar-refractivity contribution in [2.24, 2.45) is 15.1 Å². The zero-order valence-electron chi connectivity index (χ0n) is 16.5. The molecule has 0 saturated carbocycles. The van der Waals surface area contributed by atoms with E-state index in [0.29, 0.717) is 46.6 Å². The third kappa shape index (κ3) is 4.06. The highest BCUT2D eigenvalue weighted by atomic mass is 35.5. The number of amidine groups is 1. The molecule has 2 heterocycles. The first-order valence-corrected chi connectivity index (χ1v) is 10.0. The van der Waals surface area contributed by atoms with Gasteiger partial charge in [0.05, 0.1) is 17.9 Å². The number of halogens is 2. The van der Waals surface area contributed by atoms with Gasteiger partial charge in [0.2, 0.25) is 0 Å². The van der Waals surface area contributed by atoms with Crippen LogP contribution in [0.3, 0.4) is 0 Å². The summed E-state index contributed by atoms with van der Waals surface area (Å²) >= 11 is 6.19. The number of carbonyl (C=O) groups is 1. The first-order chi connectivity index (χ1) is 14.5. The summed E-state index contributed by atoms with van der Waals surface area (Å²) in [5, 5.41) is 13.7. The number of hydrogen-bond donors (Lipinski definition) is 1. The van der Waals surface area contributed by atoms with Gasteiger partial charge >= 0.3 is 0 Å². The van der Waals surface area contributed by atoms with E-state index < -0.39 is 5.83 Å². The second kappa shape index (κ2) is 8.49.